The lowest BCUT2D eigenvalue weighted by atomic mass is 9.67. The molecule has 0 aliphatic heterocycles. The van der Waals surface area contributed by atoms with Crippen LogP contribution in [0.15, 0.2) is 18.2 Å². The summed E-state index contributed by atoms with van der Waals surface area (Å²) >= 11 is 0. The molecule has 1 aliphatic carbocycles. The summed E-state index contributed by atoms with van der Waals surface area (Å²) in [4.78, 5) is 13.8. The van der Waals surface area contributed by atoms with E-state index in [-0.39, 0.29) is 30.4 Å². The third-order valence-electron chi connectivity index (χ3n) is 4.74. The molecule has 6 heteroatoms. The van der Waals surface area contributed by atoms with Gasteiger partial charge in [0, 0.05) is 31.8 Å². The minimum Gasteiger partial charge on any atom is -0.396 e. The van der Waals surface area contributed by atoms with Crippen LogP contribution >= 0.6 is 0 Å². The van der Waals surface area contributed by atoms with E-state index in [0.717, 1.165) is 31.2 Å². The van der Waals surface area contributed by atoms with E-state index in [1.54, 1.807) is 6.07 Å². The Morgan fingerprint density at radius 3 is 2.62 bits per heavy atom. The second-order valence-corrected chi connectivity index (χ2v) is 7.03. The van der Waals surface area contributed by atoms with E-state index in [0.29, 0.717) is 18.7 Å². The maximum absolute atomic E-state index is 14.0. The zero-order valence-corrected chi connectivity index (χ0v) is 14.6. The van der Waals surface area contributed by atoms with Gasteiger partial charge < -0.3 is 20.6 Å². The summed E-state index contributed by atoms with van der Waals surface area (Å²) in [6.45, 7) is 1.57. The van der Waals surface area contributed by atoms with Gasteiger partial charge in [-0.05, 0) is 50.4 Å². The molecule has 2 amide bonds. The summed E-state index contributed by atoms with van der Waals surface area (Å²) in [5.74, 6) is -0.250. The van der Waals surface area contributed by atoms with Crippen molar-refractivity contribution >= 4 is 6.03 Å². The Balaban J connectivity index is 1.78. The number of hydrogen-bond donors (Lipinski definition) is 3. The number of halogens is 1. The SMILES string of the molecule is CN(C)Cc1ccc(CNC(=O)NCC2(CCO)CCC2)cc1F. The van der Waals surface area contributed by atoms with Crippen molar-refractivity contribution in [3.05, 3.63) is 35.1 Å². The molecular weight excluding hydrogens is 309 g/mol. The normalized spacial score (nSPS) is 15.9. The Morgan fingerprint density at radius 2 is 2.08 bits per heavy atom. The van der Waals surface area contributed by atoms with E-state index in [9.17, 15) is 9.18 Å². The number of benzene rings is 1. The molecular formula is C18H28FN3O2. The van der Waals surface area contributed by atoms with Crippen LogP contribution in [0.5, 0.6) is 0 Å². The van der Waals surface area contributed by atoms with Gasteiger partial charge in [0.05, 0.1) is 0 Å². The average molecular weight is 337 g/mol. The summed E-state index contributed by atoms with van der Waals surface area (Å²) in [5.41, 5.74) is 1.44. The molecule has 0 unspecified atom stereocenters. The van der Waals surface area contributed by atoms with Crippen LogP contribution in [0, 0.1) is 11.2 Å². The molecule has 0 atom stereocenters. The van der Waals surface area contributed by atoms with Crippen molar-refractivity contribution in [1.29, 1.82) is 0 Å². The number of amides is 2. The van der Waals surface area contributed by atoms with E-state index in [1.807, 2.05) is 25.1 Å². The summed E-state index contributed by atoms with van der Waals surface area (Å²) in [6, 6.07) is 4.81. The number of rotatable bonds is 8. The summed E-state index contributed by atoms with van der Waals surface area (Å²) < 4.78 is 14.0. The first-order valence-electron chi connectivity index (χ1n) is 8.49. The minimum atomic E-state index is -0.253. The van der Waals surface area contributed by atoms with E-state index in [4.69, 9.17) is 5.11 Å². The maximum Gasteiger partial charge on any atom is 0.315 e. The second-order valence-electron chi connectivity index (χ2n) is 7.03. The van der Waals surface area contributed by atoms with E-state index < -0.39 is 0 Å². The summed E-state index contributed by atoms with van der Waals surface area (Å²) in [6.07, 6.45) is 3.98. The van der Waals surface area contributed by atoms with Gasteiger partial charge in [-0.2, -0.15) is 0 Å². The zero-order valence-electron chi connectivity index (χ0n) is 14.6. The van der Waals surface area contributed by atoms with Crippen molar-refractivity contribution in [3.8, 4) is 0 Å². The predicted octanol–water partition coefficient (Wildman–Crippen LogP) is 2.24. The highest BCUT2D eigenvalue weighted by Crippen LogP contribution is 2.43. The van der Waals surface area contributed by atoms with Crippen molar-refractivity contribution in [1.82, 2.24) is 15.5 Å². The van der Waals surface area contributed by atoms with Gasteiger partial charge in [0.1, 0.15) is 5.82 Å². The lowest BCUT2D eigenvalue weighted by Crippen LogP contribution is -2.45. The van der Waals surface area contributed by atoms with Crippen LogP contribution in [-0.4, -0.2) is 43.3 Å². The first-order chi connectivity index (χ1) is 11.4. The van der Waals surface area contributed by atoms with E-state index >= 15 is 0 Å². The van der Waals surface area contributed by atoms with Gasteiger partial charge in [0.25, 0.3) is 0 Å². The number of nitrogens with one attached hydrogen (secondary N) is 2. The molecule has 0 bridgehead atoms. The van der Waals surface area contributed by atoms with E-state index in [1.165, 1.54) is 6.07 Å². The molecule has 5 nitrogen and oxygen atoms in total. The highest BCUT2D eigenvalue weighted by Gasteiger charge is 2.36. The lowest BCUT2D eigenvalue weighted by Gasteiger charge is -2.41. The molecule has 0 heterocycles. The fourth-order valence-corrected chi connectivity index (χ4v) is 3.11. The fraction of sp³-hybridized carbons (Fsp3) is 0.611. The molecule has 0 radical (unpaired) electrons. The van der Waals surface area contributed by atoms with Crippen LogP contribution in [0.25, 0.3) is 0 Å². The van der Waals surface area contributed by atoms with Gasteiger partial charge in [-0.25, -0.2) is 9.18 Å². The molecule has 1 aliphatic rings. The van der Waals surface area contributed by atoms with Gasteiger partial charge >= 0.3 is 6.03 Å². The van der Waals surface area contributed by atoms with Gasteiger partial charge in [-0.1, -0.05) is 18.6 Å². The van der Waals surface area contributed by atoms with E-state index in [2.05, 4.69) is 10.6 Å². The monoisotopic (exact) mass is 337 g/mol. The Morgan fingerprint density at radius 1 is 1.33 bits per heavy atom. The second kappa shape index (κ2) is 8.44. The molecule has 1 fully saturated rings. The summed E-state index contributed by atoms with van der Waals surface area (Å²) in [5, 5.41) is 14.8. The predicted molar refractivity (Wildman–Crippen MR) is 92.0 cm³/mol. The van der Waals surface area contributed by atoms with Crippen LogP contribution in [-0.2, 0) is 13.1 Å². The minimum absolute atomic E-state index is 0.0615. The highest BCUT2D eigenvalue weighted by atomic mass is 19.1. The molecule has 0 spiro atoms. The molecule has 1 aromatic rings. The zero-order chi connectivity index (χ0) is 17.6. The molecule has 1 aromatic carbocycles. The number of carbonyl (C=O) groups is 1. The van der Waals surface area contributed by atoms with Crippen molar-refractivity contribution in [2.45, 2.75) is 38.8 Å². The van der Waals surface area contributed by atoms with Gasteiger partial charge in [-0.3, -0.25) is 0 Å². The van der Waals surface area contributed by atoms with Crippen molar-refractivity contribution < 1.29 is 14.3 Å². The lowest BCUT2D eigenvalue weighted by molar-refractivity contribution is 0.0885. The van der Waals surface area contributed by atoms with Crippen molar-refractivity contribution in [2.24, 2.45) is 5.41 Å². The quantitative estimate of drug-likeness (QED) is 0.682. The Labute approximate surface area is 143 Å². The third kappa shape index (κ3) is 5.18. The van der Waals surface area contributed by atoms with Crippen LogP contribution in [0.2, 0.25) is 0 Å². The Bertz CT molecular complexity index is 559. The number of aliphatic hydroxyl groups excluding tert-OH is 1. The molecule has 3 N–H and O–H groups in total. The largest absolute Gasteiger partial charge is 0.396 e. The molecule has 1 saturated carbocycles. The van der Waals surface area contributed by atoms with Crippen LogP contribution in [0.1, 0.15) is 36.8 Å². The standard InChI is InChI=1S/C18H28FN3O2/c1-22(2)12-15-5-4-14(10-16(15)19)11-20-17(24)21-13-18(8-9-23)6-3-7-18/h4-5,10,23H,3,6-9,11-13H2,1-2H3,(H2,20,21,24). The molecule has 134 valence electrons. The summed E-state index contributed by atoms with van der Waals surface area (Å²) in [7, 11) is 3.79. The maximum atomic E-state index is 14.0. The Hall–Kier alpha value is -1.66. The molecule has 24 heavy (non-hydrogen) atoms. The number of nitrogens with zero attached hydrogens (tertiary/aromatic N) is 1. The van der Waals surface area contributed by atoms with Crippen molar-refractivity contribution in [2.75, 3.05) is 27.2 Å². The molecule has 2 rings (SSSR count). The van der Waals surface area contributed by atoms with Gasteiger partial charge in [-0.15, -0.1) is 0 Å². The first-order valence-corrected chi connectivity index (χ1v) is 8.49. The van der Waals surface area contributed by atoms with Gasteiger partial charge in [0.2, 0.25) is 0 Å². The first kappa shape index (κ1) is 18.7. The molecule has 0 saturated heterocycles. The third-order valence-corrected chi connectivity index (χ3v) is 4.74. The number of urea groups is 1. The molecule has 0 aromatic heterocycles. The number of aliphatic hydroxyl groups is 1. The van der Waals surface area contributed by atoms with Crippen LogP contribution < -0.4 is 10.6 Å². The van der Waals surface area contributed by atoms with Crippen molar-refractivity contribution in [3.63, 3.8) is 0 Å². The smallest absolute Gasteiger partial charge is 0.315 e. The Kier molecular flexibility index (Phi) is 6.57. The topological polar surface area (TPSA) is 64.6 Å². The number of carbonyl (C=O) groups excluding carboxylic acids is 1. The van der Waals surface area contributed by atoms with Gasteiger partial charge in [0.15, 0.2) is 0 Å². The number of hydrogen-bond acceptors (Lipinski definition) is 3. The highest BCUT2D eigenvalue weighted by molar-refractivity contribution is 5.73. The fourth-order valence-electron chi connectivity index (χ4n) is 3.11. The van der Waals surface area contributed by atoms with Crippen LogP contribution in [0.3, 0.4) is 0 Å². The average Bonchev–Trinajstić information content (AvgIpc) is 2.49. The van der Waals surface area contributed by atoms with Crippen LogP contribution in [0.4, 0.5) is 9.18 Å².